The molecular formula is C20H25BrN2O2S. The maximum absolute atomic E-state index is 12.4. The number of anilines is 1. The van der Waals surface area contributed by atoms with E-state index in [0.29, 0.717) is 16.8 Å². The minimum absolute atomic E-state index is 0.00189. The molecule has 1 heterocycles. The SMILES string of the molecule is CC.CC(C)(C)NSc1ccc(C2(O)C(=O)Nc3ccc(Br)cc32)cc1. The zero-order valence-corrected chi connectivity index (χ0v) is 18.1. The van der Waals surface area contributed by atoms with Gasteiger partial charge >= 0.3 is 0 Å². The van der Waals surface area contributed by atoms with Crippen LogP contribution in [0.2, 0.25) is 0 Å². The van der Waals surface area contributed by atoms with Crippen LogP contribution in [0.3, 0.4) is 0 Å². The van der Waals surface area contributed by atoms with Crippen molar-refractivity contribution in [3.8, 4) is 0 Å². The first-order chi connectivity index (χ1) is 12.2. The molecule has 1 unspecified atom stereocenters. The van der Waals surface area contributed by atoms with Gasteiger partial charge < -0.3 is 10.4 Å². The van der Waals surface area contributed by atoms with Crippen LogP contribution in [-0.2, 0) is 10.4 Å². The summed E-state index contributed by atoms with van der Waals surface area (Å²) in [4.78, 5) is 13.4. The highest BCUT2D eigenvalue weighted by Gasteiger charge is 2.46. The van der Waals surface area contributed by atoms with Gasteiger partial charge in [0, 0.05) is 26.2 Å². The number of hydrogen-bond donors (Lipinski definition) is 3. The maximum Gasteiger partial charge on any atom is 0.265 e. The Labute approximate surface area is 168 Å². The lowest BCUT2D eigenvalue weighted by Crippen LogP contribution is -2.35. The molecule has 0 aliphatic carbocycles. The third kappa shape index (κ3) is 4.31. The van der Waals surface area contributed by atoms with Crippen LogP contribution in [0.15, 0.2) is 51.8 Å². The van der Waals surface area contributed by atoms with E-state index in [1.807, 2.05) is 32.0 Å². The minimum atomic E-state index is -1.67. The molecular weight excluding hydrogens is 412 g/mol. The van der Waals surface area contributed by atoms with E-state index >= 15 is 0 Å². The monoisotopic (exact) mass is 436 g/mol. The van der Waals surface area contributed by atoms with Crippen molar-refractivity contribution in [2.75, 3.05) is 5.32 Å². The standard InChI is InChI=1S/C18H19BrN2O2S.C2H6/c1-17(2,3)21-24-13-7-4-11(5-8-13)18(23)14-10-12(19)6-9-15(14)20-16(18)22;1-2/h4-10,21,23H,1-3H3,(H,20,22);1-2H3. The fourth-order valence-corrected chi connectivity index (χ4v) is 3.58. The molecule has 4 nitrogen and oxygen atoms in total. The fourth-order valence-electron chi connectivity index (χ4n) is 2.52. The van der Waals surface area contributed by atoms with Crippen LogP contribution in [0, 0.1) is 0 Å². The molecule has 0 saturated heterocycles. The third-order valence-electron chi connectivity index (χ3n) is 3.70. The van der Waals surface area contributed by atoms with Crippen LogP contribution in [0.5, 0.6) is 0 Å². The lowest BCUT2D eigenvalue weighted by molar-refractivity contribution is -0.129. The first kappa shape index (κ1) is 21.0. The van der Waals surface area contributed by atoms with E-state index < -0.39 is 11.5 Å². The van der Waals surface area contributed by atoms with Gasteiger partial charge in [0.05, 0.1) is 0 Å². The second-order valence-corrected chi connectivity index (χ2v) is 8.63. The summed E-state index contributed by atoms with van der Waals surface area (Å²) in [6.07, 6.45) is 0. The average Bonchev–Trinajstić information content (AvgIpc) is 2.86. The van der Waals surface area contributed by atoms with Crippen molar-refractivity contribution >= 4 is 39.5 Å². The molecule has 2 aromatic carbocycles. The summed E-state index contributed by atoms with van der Waals surface area (Å²) in [5.74, 6) is -0.427. The van der Waals surface area contributed by atoms with E-state index in [-0.39, 0.29) is 5.54 Å². The van der Waals surface area contributed by atoms with Gasteiger partial charge in [-0.15, -0.1) is 0 Å². The lowest BCUT2D eigenvalue weighted by atomic mass is 9.88. The van der Waals surface area contributed by atoms with Gasteiger partial charge in [-0.3, -0.25) is 9.52 Å². The number of carbonyl (C=O) groups is 1. The highest BCUT2D eigenvalue weighted by atomic mass is 79.9. The zero-order chi connectivity index (χ0) is 19.5. The van der Waals surface area contributed by atoms with E-state index in [1.54, 1.807) is 24.3 Å². The summed E-state index contributed by atoms with van der Waals surface area (Å²) in [6, 6.07) is 12.8. The molecule has 0 aromatic heterocycles. The molecule has 0 saturated carbocycles. The first-order valence-electron chi connectivity index (χ1n) is 8.58. The number of nitrogens with one attached hydrogen (secondary N) is 2. The Bertz CT molecular complexity index is 787. The Kier molecular flexibility index (Phi) is 6.55. The summed E-state index contributed by atoms with van der Waals surface area (Å²) < 4.78 is 4.15. The van der Waals surface area contributed by atoms with Crippen molar-refractivity contribution in [3.63, 3.8) is 0 Å². The van der Waals surface area contributed by atoms with Gasteiger partial charge in [-0.25, -0.2) is 0 Å². The Morgan fingerprint density at radius 2 is 1.73 bits per heavy atom. The number of hydrogen-bond acceptors (Lipinski definition) is 4. The van der Waals surface area contributed by atoms with E-state index in [9.17, 15) is 9.90 Å². The number of carbonyl (C=O) groups excluding carboxylic acids is 1. The van der Waals surface area contributed by atoms with E-state index in [2.05, 4.69) is 46.7 Å². The van der Waals surface area contributed by atoms with E-state index in [4.69, 9.17) is 0 Å². The Balaban J connectivity index is 0.00000117. The fraction of sp³-hybridized carbons (Fsp3) is 0.350. The van der Waals surface area contributed by atoms with Crippen LogP contribution >= 0.6 is 27.9 Å². The van der Waals surface area contributed by atoms with Crippen molar-refractivity contribution in [2.45, 2.75) is 50.7 Å². The van der Waals surface area contributed by atoms with Gasteiger partial charge in [0.15, 0.2) is 5.60 Å². The number of benzene rings is 2. The lowest BCUT2D eigenvalue weighted by Gasteiger charge is -2.22. The normalized spacial score (nSPS) is 18.7. The predicted octanol–water partition coefficient (Wildman–Crippen LogP) is 5.06. The van der Waals surface area contributed by atoms with Crippen LogP contribution < -0.4 is 10.0 Å². The molecule has 3 N–H and O–H groups in total. The topological polar surface area (TPSA) is 61.4 Å². The van der Waals surface area contributed by atoms with Gasteiger partial charge in [0.1, 0.15) is 0 Å². The molecule has 26 heavy (non-hydrogen) atoms. The minimum Gasteiger partial charge on any atom is -0.372 e. The van der Waals surface area contributed by atoms with Gasteiger partial charge in [-0.05, 0) is 68.6 Å². The van der Waals surface area contributed by atoms with Crippen molar-refractivity contribution in [1.29, 1.82) is 0 Å². The van der Waals surface area contributed by atoms with Gasteiger partial charge in [0.25, 0.3) is 5.91 Å². The molecule has 3 rings (SSSR count). The smallest absolute Gasteiger partial charge is 0.265 e. The molecule has 6 heteroatoms. The number of halogens is 1. The third-order valence-corrected chi connectivity index (χ3v) is 5.41. The van der Waals surface area contributed by atoms with Crippen LogP contribution in [-0.4, -0.2) is 16.6 Å². The summed E-state index contributed by atoms with van der Waals surface area (Å²) >= 11 is 4.92. The van der Waals surface area contributed by atoms with Crippen molar-refractivity contribution in [2.24, 2.45) is 0 Å². The zero-order valence-electron chi connectivity index (χ0n) is 15.7. The molecule has 1 amide bonds. The second-order valence-electron chi connectivity index (χ2n) is 6.83. The van der Waals surface area contributed by atoms with Gasteiger partial charge in [-0.1, -0.05) is 41.9 Å². The second kappa shape index (κ2) is 8.13. The molecule has 140 valence electrons. The highest BCUT2D eigenvalue weighted by molar-refractivity contribution is 9.10. The first-order valence-corrected chi connectivity index (χ1v) is 10.2. The number of aliphatic hydroxyl groups is 1. The number of amides is 1. The number of fused-ring (bicyclic) bond motifs is 1. The van der Waals surface area contributed by atoms with Crippen molar-refractivity contribution in [3.05, 3.63) is 58.1 Å². The molecule has 1 aliphatic rings. The number of rotatable bonds is 3. The molecule has 0 fully saturated rings. The van der Waals surface area contributed by atoms with E-state index in [0.717, 1.165) is 9.37 Å². The largest absolute Gasteiger partial charge is 0.372 e. The average molecular weight is 437 g/mol. The summed E-state index contributed by atoms with van der Waals surface area (Å²) in [5, 5.41) is 13.8. The molecule has 0 bridgehead atoms. The maximum atomic E-state index is 12.4. The molecule has 1 aliphatic heterocycles. The van der Waals surface area contributed by atoms with Crippen LogP contribution in [0.1, 0.15) is 45.7 Å². The predicted molar refractivity (Wildman–Crippen MR) is 112 cm³/mol. The van der Waals surface area contributed by atoms with Crippen molar-refractivity contribution in [1.82, 2.24) is 4.72 Å². The summed E-state index contributed by atoms with van der Waals surface area (Å²) in [6.45, 7) is 10.3. The summed E-state index contributed by atoms with van der Waals surface area (Å²) in [5.41, 5.74) is 0.0864. The Morgan fingerprint density at radius 3 is 2.31 bits per heavy atom. The Hall–Kier alpha value is -1.34. The quantitative estimate of drug-likeness (QED) is 0.588. The Morgan fingerprint density at radius 1 is 1.12 bits per heavy atom. The highest BCUT2D eigenvalue weighted by Crippen LogP contribution is 2.42. The molecule has 2 aromatic rings. The van der Waals surface area contributed by atoms with Gasteiger partial charge in [-0.2, -0.15) is 0 Å². The van der Waals surface area contributed by atoms with Gasteiger partial charge in [0.2, 0.25) is 0 Å². The summed E-state index contributed by atoms with van der Waals surface area (Å²) in [7, 11) is 0. The van der Waals surface area contributed by atoms with Crippen LogP contribution in [0.25, 0.3) is 0 Å². The van der Waals surface area contributed by atoms with Crippen LogP contribution in [0.4, 0.5) is 5.69 Å². The molecule has 0 spiro atoms. The molecule has 0 radical (unpaired) electrons. The van der Waals surface area contributed by atoms with E-state index in [1.165, 1.54) is 11.9 Å². The molecule has 1 atom stereocenters. The van der Waals surface area contributed by atoms with Crippen molar-refractivity contribution < 1.29 is 9.90 Å².